The van der Waals surface area contributed by atoms with Crippen LogP contribution >= 0.6 is 0 Å². The second-order valence-corrected chi connectivity index (χ2v) is 6.35. The van der Waals surface area contributed by atoms with Gasteiger partial charge in [-0.15, -0.1) is 0 Å². The summed E-state index contributed by atoms with van der Waals surface area (Å²) in [5.41, 5.74) is 0.991. The fraction of sp³-hybridized carbons (Fsp3) is 0.556. The molecule has 2 rings (SSSR count). The first-order valence-corrected chi connectivity index (χ1v) is 8.69. The molecule has 7 heteroatoms. The topological polar surface area (TPSA) is 51.2 Å². The number of piperazine rings is 1. The van der Waals surface area contributed by atoms with Crippen LogP contribution in [0.25, 0.3) is 0 Å². The molecule has 1 amide bonds. The molecule has 25 heavy (non-hydrogen) atoms. The third-order valence-corrected chi connectivity index (χ3v) is 4.16. The van der Waals surface area contributed by atoms with E-state index in [9.17, 15) is 9.18 Å². The molecule has 1 saturated heterocycles. The molecule has 0 spiro atoms. The highest BCUT2D eigenvalue weighted by Crippen LogP contribution is 2.10. The summed E-state index contributed by atoms with van der Waals surface area (Å²) < 4.78 is 13.3. The maximum atomic E-state index is 13.3. The number of guanidine groups is 1. The first kappa shape index (κ1) is 19.2. The molecular formula is C18H28FN5O. The lowest BCUT2D eigenvalue weighted by atomic mass is 10.2. The van der Waals surface area contributed by atoms with Crippen LogP contribution in [0.3, 0.4) is 0 Å². The van der Waals surface area contributed by atoms with Gasteiger partial charge in [0.15, 0.2) is 5.96 Å². The van der Waals surface area contributed by atoms with Crippen LogP contribution in [0.2, 0.25) is 0 Å². The summed E-state index contributed by atoms with van der Waals surface area (Å²) >= 11 is 0. The summed E-state index contributed by atoms with van der Waals surface area (Å²) in [6, 6.07) is 6.76. The lowest BCUT2D eigenvalue weighted by Gasteiger charge is -2.36. The molecule has 0 bridgehead atoms. The smallest absolute Gasteiger partial charge is 0.243 e. The Bertz CT molecular complexity index is 597. The standard InChI is InChI=1S/C18H28FN5O/c1-4-20-18(21-13-17(25)22(2)3)24-10-8-23(9-11-24)14-15-6-5-7-16(19)12-15/h5-7,12H,4,8-11,13-14H2,1-3H3,(H,20,21). The summed E-state index contributed by atoms with van der Waals surface area (Å²) in [5.74, 6) is 0.575. The van der Waals surface area contributed by atoms with Crippen LogP contribution in [0.5, 0.6) is 0 Å². The lowest BCUT2D eigenvalue weighted by molar-refractivity contribution is -0.127. The molecule has 1 aromatic carbocycles. The van der Waals surface area contributed by atoms with Gasteiger partial charge in [0.1, 0.15) is 12.4 Å². The van der Waals surface area contributed by atoms with Crippen molar-refractivity contribution in [2.24, 2.45) is 4.99 Å². The molecule has 0 saturated carbocycles. The van der Waals surface area contributed by atoms with Gasteiger partial charge in [-0.3, -0.25) is 9.69 Å². The van der Waals surface area contributed by atoms with Gasteiger partial charge in [0.25, 0.3) is 0 Å². The van der Waals surface area contributed by atoms with Crippen LogP contribution in [0.15, 0.2) is 29.3 Å². The van der Waals surface area contributed by atoms with E-state index in [-0.39, 0.29) is 18.3 Å². The maximum absolute atomic E-state index is 13.3. The number of hydrogen-bond acceptors (Lipinski definition) is 3. The predicted molar refractivity (Wildman–Crippen MR) is 97.9 cm³/mol. The van der Waals surface area contributed by atoms with Crippen LogP contribution in [0, 0.1) is 5.82 Å². The second kappa shape index (κ2) is 9.36. The van der Waals surface area contributed by atoms with Gasteiger partial charge in [0, 0.05) is 53.4 Å². The Hall–Kier alpha value is -2.15. The monoisotopic (exact) mass is 349 g/mol. The van der Waals surface area contributed by atoms with Gasteiger partial charge in [-0.2, -0.15) is 0 Å². The zero-order valence-electron chi connectivity index (χ0n) is 15.3. The Morgan fingerprint density at radius 2 is 2.00 bits per heavy atom. The molecule has 0 aromatic heterocycles. The second-order valence-electron chi connectivity index (χ2n) is 6.35. The number of nitrogens with one attached hydrogen (secondary N) is 1. The van der Waals surface area contributed by atoms with Crippen LogP contribution in [0.4, 0.5) is 4.39 Å². The van der Waals surface area contributed by atoms with Crippen molar-refractivity contribution in [2.45, 2.75) is 13.5 Å². The Balaban J connectivity index is 1.89. The molecule has 6 nitrogen and oxygen atoms in total. The van der Waals surface area contributed by atoms with Crippen LogP contribution in [-0.2, 0) is 11.3 Å². The number of rotatable bonds is 5. The van der Waals surface area contributed by atoms with E-state index in [1.165, 1.54) is 6.07 Å². The molecule has 1 N–H and O–H groups in total. The van der Waals surface area contributed by atoms with Gasteiger partial charge in [-0.1, -0.05) is 12.1 Å². The van der Waals surface area contributed by atoms with Crippen molar-refractivity contribution in [1.82, 2.24) is 20.0 Å². The number of carbonyl (C=O) groups excluding carboxylic acids is 1. The Kier molecular flexibility index (Phi) is 7.18. The van der Waals surface area contributed by atoms with Gasteiger partial charge in [0.05, 0.1) is 0 Å². The number of carbonyl (C=O) groups is 1. The SMILES string of the molecule is CCNC(=NCC(=O)N(C)C)N1CCN(Cc2cccc(F)c2)CC1. The summed E-state index contributed by atoms with van der Waals surface area (Å²) in [6.45, 7) is 7.10. The van der Waals surface area contributed by atoms with E-state index in [4.69, 9.17) is 0 Å². The fourth-order valence-corrected chi connectivity index (χ4v) is 2.72. The van der Waals surface area contributed by atoms with E-state index in [1.54, 1.807) is 31.1 Å². The van der Waals surface area contributed by atoms with Crippen molar-refractivity contribution < 1.29 is 9.18 Å². The van der Waals surface area contributed by atoms with Gasteiger partial charge in [-0.25, -0.2) is 9.38 Å². The van der Waals surface area contributed by atoms with E-state index in [0.29, 0.717) is 0 Å². The third-order valence-electron chi connectivity index (χ3n) is 4.16. The minimum atomic E-state index is -0.191. The average Bonchev–Trinajstić information content (AvgIpc) is 2.59. The Morgan fingerprint density at radius 3 is 2.60 bits per heavy atom. The molecule has 1 aliphatic heterocycles. The minimum Gasteiger partial charge on any atom is -0.357 e. The first-order valence-electron chi connectivity index (χ1n) is 8.69. The van der Waals surface area contributed by atoms with Gasteiger partial charge >= 0.3 is 0 Å². The van der Waals surface area contributed by atoms with Crippen LogP contribution < -0.4 is 5.32 Å². The number of aliphatic imine (C=N–C) groups is 1. The summed E-state index contributed by atoms with van der Waals surface area (Å²) in [6.07, 6.45) is 0. The number of halogens is 1. The Morgan fingerprint density at radius 1 is 1.28 bits per heavy atom. The van der Waals surface area contributed by atoms with Crippen molar-refractivity contribution in [3.05, 3.63) is 35.6 Å². The van der Waals surface area contributed by atoms with Gasteiger partial charge in [-0.05, 0) is 24.6 Å². The molecule has 1 aromatic rings. The first-order chi connectivity index (χ1) is 12.0. The van der Waals surface area contributed by atoms with Crippen molar-refractivity contribution in [2.75, 3.05) is 53.4 Å². The summed E-state index contributed by atoms with van der Waals surface area (Å²) in [4.78, 5) is 22.2. The van der Waals surface area contributed by atoms with E-state index in [2.05, 4.69) is 20.1 Å². The average molecular weight is 349 g/mol. The van der Waals surface area contributed by atoms with Crippen molar-refractivity contribution in [1.29, 1.82) is 0 Å². The van der Waals surface area contributed by atoms with Crippen molar-refractivity contribution in [3.8, 4) is 0 Å². The van der Waals surface area contributed by atoms with Crippen molar-refractivity contribution >= 4 is 11.9 Å². The molecule has 1 fully saturated rings. The van der Waals surface area contributed by atoms with Crippen molar-refractivity contribution in [3.63, 3.8) is 0 Å². The molecular weight excluding hydrogens is 321 g/mol. The quantitative estimate of drug-likeness (QED) is 0.636. The van der Waals surface area contributed by atoms with E-state index in [1.807, 2.05) is 13.0 Å². The molecule has 138 valence electrons. The fourth-order valence-electron chi connectivity index (χ4n) is 2.72. The van der Waals surface area contributed by atoms with Gasteiger partial charge < -0.3 is 15.1 Å². The number of hydrogen-bond donors (Lipinski definition) is 1. The molecule has 0 aliphatic carbocycles. The zero-order chi connectivity index (χ0) is 18.2. The number of nitrogens with zero attached hydrogens (tertiary/aromatic N) is 4. The molecule has 1 aliphatic rings. The predicted octanol–water partition coefficient (Wildman–Crippen LogP) is 0.997. The normalized spacial score (nSPS) is 16.0. The largest absolute Gasteiger partial charge is 0.357 e. The molecule has 1 heterocycles. The third kappa shape index (κ3) is 6.01. The highest BCUT2D eigenvalue weighted by Gasteiger charge is 2.20. The number of benzene rings is 1. The molecule has 0 unspecified atom stereocenters. The minimum absolute atomic E-state index is 0.0138. The van der Waals surface area contributed by atoms with Crippen LogP contribution in [0.1, 0.15) is 12.5 Å². The van der Waals surface area contributed by atoms with E-state index in [0.717, 1.165) is 50.8 Å². The highest BCUT2D eigenvalue weighted by molar-refractivity contribution is 5.84. The highest BCUT2D eigenvalue weighted by atomic mass is 19.1. The van der Waals surface area contributed by atoms with Crippen LogP contribution in [-0.4, -0.2) is 79.9 Å². The van der Waals surface area contributed by atoms with Gasteiger partial charge in [0.2, 0.25) is 5.91 Å². The number of likely N-dealkylation sites (N-methyl/N-ethyl adjacent to an activating group) is 1. The lowest BCUT2D eigenvalue weighted by Crippen LogP contribution is -2.52. The van der Waals surface area contributed by atoms with E-state index < -0.39 is 0 Å². The zero-order valence-corrected chi connectivity index (χ0v) is 15.3. The van der Waals surface area contributed by atoms with E-state index >= 15 is 0 Å². The number of amides is 1. The summed E-state index contributed by atoms with van der Waals surface area (Å²) in [5, 5.41) is 3.26. The molecule has 0 radical (unpaired) electrons. The summed E-state index contributed by atoms with van der Waals surface area (Å²) in [7, 11) is 3.46. The molecule has 0 atom stereocenters. The Labute approximate surface area is 149 Å². The maximum Gasteiger partial charge on any atom is 0.243 e.